The fourth-order valence-corrected chi connectivity index (χ4v) is 1.45. The highest BCUT2D eigenvalue weighted by Gasteiger charge is 2.22. The number of methoxy groups -OCH3 is 1. The Morgan fingerprint density at radius 3 is 2.74 bits per heavy atom. The maximum atomic E-state index is 13.6. The molecule has 0 aliphatic carbocycles. The van der Waals surface area contributed by atoms with Crippen LogP contribution in [0.5, 0.6) is 0 Å². The topological polar surface area (TPSA) is 81.5 Å². The Hall–Kier alpha value is -1.96. The molecule has 1 N–H and O–H groups in total. The number of benzene rings is 1. The van der Waals surface area contributed by atoms with E-state index in [-0.39, 0.29) is 17.8 Å². The molecular formula is C11H10BrFN2O4. The van der Waals surface area contributed by atoms with Crippen LogP contribution in [0, 0.1) is 15.9 Å². The molecule has 0 amide bonds. The summed E-state index contributed by atoms with van der Waals surface area (Å²) in [5.41, 5.74) is -0.845. The molecule has 0 bridgehead atoms. The molecule has 102 valence electrons. The minimum absolute atomic E-state index is 0.00685. The van der Waals surface area contributed by atoms with Crippen LogP contribution in [-0.4, -0.2) is 24.5 Å². The highest BCUT2D eigenvalue weighted by Crippen LogP contribution is 2.28. The maximum absolute atomic E-state index is 13.6. The van der Waals surface area contributed by atoms with E-state index < -0.39 is 22.4 Å². The molecule has 0 unspecified atom stereocenters. The average molecular weight is 333 g/mol. The maximum Gasteiger partial charge on any atom is 0.340 e. The van der Waals surface area contributed by atoms with Gasteiger partial charge in [0.05, 0.1) is 23.7 Å². The summed E-state index contributed by atoms with van der Waals surface area (Å²) in [6.07, 6.45) is 0. The van der Waals surface area contributed by atoms with E-state index in [1.54, 1.807) is 0 Å². The van der Waals surface area contributed by atoms with Crippen molar-refractivity contribution >= 4 is 33.3 Å². The summed E-state index contributed by atoms with van der Waals surface area (Å²) in [4.78, 5) is 21.4. The SMILES string of the molecule is C=C(Br)CNc1cc(C(=O)OC)c(F)cc1[N+](=O)[O-]. The van der Waals surface area contributed by atoms with Crippen LogP contribution in [0.3, 0.4) is 0 Å². The zero-order valence-electron chi connectivity index (χ0n) is 9.91. The Morgan fingerprint density at radius 2 is 2.26 bits per heavy atom. The van der Waals surface area contributed by atoms with Gasteiger partial charge in [-0.3, -0.25) is 10.1 Å². The number of anilines is 1. The van der Waals surface area contributed by atoms with Crippen molar-refractivity contribution in [1.82, 2.24) is 0 Å². The quantitative estimate of drug-likeness (QED) is 0.509. The van der Waals surface area contributed by atoms with Crippen molar-refractivity contribution in [3.63, 3.8) is 0 Å². The predicted molar refractivity (Wildman–Crippen MR) is 71.0 cm³/mol. The monoisotopic (exact) mass is 332 g/mol. The number of esters is 1. The van der Waals surface area contributed by atoms with E-state index in [1.807, 2.05) is 0 Å². The molecule has 0 atom stereocenters. The van der Waals surface area contributed by atoms with Gasteiger partial charge in [0.1, 0.15) is 11.5 Å². The number of hydrogen-bond donors (Lipinski definition) is 1. The molecule has 1 aromatic rings. The van der Waals surface area contributed by atoms with Gasteiger partial charge in [0, 0.05) is 11.0 Å². The Balaban J connectivity index is 3.26. The van der Waals surface area contributed by atoms with Gasteiger partial charge >= 0.3 is 5.97 Å². The molecule has 0 aliphatic rings. The zero-order valence-corrected chi connectivity index (χ0v) is 11.5. The van der Waals surface area contributed by atoms with Crippen LogP contribution in [0.2, 0.25) is 0 Å². The number of nitro benzene ring substituents is 1. The number of ether oxygens (including phenoxy) is 1. The number of halogens is 2. The first kappa shape index (κ1) is 15.1. The van der Waals surface area contributed by atoms with Crippen LogP contribution in [0.4, 0.5) is 15.8 Å². The van der Waals surface area contributed by atoms with Crippen molar-refractivity contribution < 1.29 is 18.8 Å². The lowest BCUT2D eigenvalue weighted by atomic mass is 10.1. The van der Waals surface area contributed by atoms with Gasteiger partial charge in [0.2, 0.25) is 0 Å². The van der Waals surface area contributed by atoms with E-state index in [4.69, 9.17) is 0 Å². The Kier molecular flexibility index (Phi) is 4.99. The van der Waals surface area contributed by atoms with Gasteiger partial charge in [-0.05, 0) is 6.07 Å². The van der Waals surface area contributed by atoms with Crippen molar-refractivity contribution in [2.24, 2.45) is 0 Å². The van der Waals surface area contributed by atoms with Crippen LogP contribution < -0.4 is 5.32 Å². The molecule has 0 radical (unpaired) electrons. The van der Waals surface area contributed by atoms with Gasteiger partial charge in [0.15, 0.2) is 0 Å². The van der Waals surface area contributed by atoms with Gasteiger partial charge in [0.25, 0.3) is 5.69 Å². The van der Waals surface area contributed by atoms with Gasteiger partial charge in [-0.15, -0.1) is 0 Å². The molecule has 0 spiro atoms. The second-order valence-corrected chi connectivity index (χ2v) is 4.59. The van der Waals surface area contributed by atoms with Crippen molar-refractivity contribution in [3.8, 4) is 0 Å². The molecule has 1 rings (SSSR count). The standard InChI is InChI=1S/C11H10BrFN2O4/c1-6(12)5-14-9-3-7(11(16)19-2)8(13)4-10(9)15(17)18/h3-4,14H,1,5H2,2H3. The Labute approximate surface area is 116 Å². The van der Waals surface area contributed by atoms with E-state index in [9.17, 15) is 19.3 Å². The fourth-order valence-electron chi connectivity index (χ4n) is 1.31. The Bertz CT molecular complexity index is 548. The molecule has 0 aliphatic heterocycles. The lowest BCUT2D eigenvalue weighted by Gasteiger charge is -2.08. The first-order chi connectivity index (χ1) is 8.86. The van der Waals surface area contributed by atoms with Gasteiger partial charge in [-0.25, -0.2) is 9.18 Å². The molecule has 0 saturated carbocycles. The predicted octanol–water partition coefficient (Wildman–Crippen LogP) is 2.84. The van der Waals surface area contributed by atoms with Crippen molar-refractivity contribution in [2.45, 2.75) is 0 Å². The number of nitrogens with one attached hydrogen (secondary N) is 1. The second-order valence-electron chi connectivity index (χ2n) is 3.47. The van der Waals surface area contributed by atoms with Gasteiger partial charge < -0.3 is 10.1 Å². The van der Waals surface area contributed by atoms with E-state index in [0.29, 0.717) is 10.5 Å². The lowest BCUT2D eigenvalue weighted by molar-refractivity contribution is -0.384. The first-order valence-electron chi connectivity index (χ1n) is 5.00. The Morgan fingerprint density at radius 1 is 1.63 bits per heavy atom. The molecule has 6 nitrogen and oxygen atoms in total. The average Bonchev–Trinajstić information content (AvgIpc) is 2.35. The summed E-state index contributed by atoms with van der Waals surface area (Å²) < 4.78 is 18.5. The van der Waals surface area contributed by atoms with Crippen molar-refractivity contribution in [3.05, 3.63) is 44.7 Å². The molecule has 19 heavy (non-hydrogen) atoms. The van der Waals surface area contributed by atoms with Gasteiger partial charge in [-0.2, -0.15) is 0 Å². The molecule has 8 heteroatoms. The van der Waals surface area contributed by atoms with Gasteiger partial charge in [-0.1, -0.05) is 22.5 Å². The number of nitro groups is 1. The number of carbonyl (C=O) groups excluding carboxylic acids is 1. The molecule has 0 fully saturated rings. The lowest BCUT2D eigenvalue weighted by Crippen LogP contribution is -2.09. The minimum atomic E-state index is -1.01. The largest absolute Gasteiger partial charge is 0.465 e. The molecule has 0 saturated heterocycles. The van der Waals surface area contributed by atoms with Crippen LogP contribution in [0.15, 0.2) is 23.2 Å². The molecule has 0 heterocycles. The third-order valence-electron chi connectivity index (χ3n) is 2.16. The number of rotatable bonds is 5. The summed E-state index contributed by atoms with van der Waals surface area (Å²) >= 11 is 3.08. The van der Waals surface area contributed by atoms with Crippen LogP contribution in [0.1, 0.15) is 10.4 Å². The summed E-state index contributed by atoms with van der Waals surface area (Å²) in [5, 5.41) is 13.5. The smallest absolute Gasteiger partial charge is 0.340 e. The summed E-state index contributed by atoms with van der Waals surface area (Å²) in [5.74, 6) is -1.92. The molecule has 1 aromatic carbocycles. The van der Waals surface area contributed by atoms with Crippen molar-refractivity contribution in [2.75, 3.05) is 19.0 Å². The second kappa shape index (κ2) is 6.28. The minimum Gasteiger partial charge on any atom is -0.465 e. The molecule has 0 aromatic heterocycles. The van der Waals surface area contributed by atoms with E-state index in [0.717, 1.165) is 13.2 Å². The van der Waals surface area contributed by atoms with Crippen molar-refractivity contribution in [1.29, 1.82) is 0 Å². The third kappa shape index (κ3) is 3.75. The highest BCUT2D eigenvalue weighted by molar-refractivity contribution is 9.11. The number of hydrogen-bond acceptors (Lipinski definition) is 5. The highest BCUT2D eigenvalue weighted by atomic mass is 79.9. The van der Waals surface area contributed by atoms with Crippen LogP contribution >= 0.6 is 15.9 Å². The third-order valence-corrected chi connectivity index (χ3v) is 2.44. The normalized spacial score (nSPS) is 9.84. The van der Waals surface area contributed by atoms with E-state index in [2.05, 4.69) is 32.6 Å². The van der Waals surface area contributed by atoms with E-state index >= 15 is 0 Å². The zero-order chi connectivity index (χ0) is 14.6. The van der Waals surface area contributed by atoms with E-state index in [1.165, 1.54) is 0 Å². The summed E-state index contributed by atoms with van der Waals surface area (Å²) in [6, 6.07) is 1.71. The summed E-state index contributed by atoms with van der Waals surface area (Å²) in [6.45, 7) is 3.74. The molecular weight excluding hydrogens is 323 g/mol. The first-order valence-corrected chi connectivity index (χ1v) is 5.79. The van der Waals surface area contributed by atoms with Crippen LogP contribution in [-0.2, 0) is 4.74 Å². The summed E-state index contributed by atoms with van der Waals surface area (Å²) in [7, 11) is 1.09. The number of carbonyl (C=O) groups is 1. The fraction of sp³-hybridized carbons (Fsp3) is 0.182. The number of nitrogens with zero attached hydrogens (tertiary/aromatic N) is 1. The van der Waals surface area contributed by atoms with Crippen LogP contribution in [0.25, 0.3) is 0 Å².